The van der Waals surface area contributed by atoms with Gasteiger partial charge in [0.25, 0.3) is 0 Å². The van der Waals surface area contributed by atoms with E-state index < -0.39 is 18.0 Å². The van der Waals surface area contributed by atoms with Gasteiger partial charge < -0.3 is 20.7 Å². The van der Waals surface area contributed by atoms with Crippen LogP contribution in [0.1, 0.15) is 38.3 Å². The van der Waals surface area contributed by atoms with E-state index in [1.54, 1.807) is 60.4 Å². The smallest absolute Gasteiger partial charge is 0.337 e. The summed E-state index contributed by atoms with van der Waals surface area (Å²) >= 11 is 5.96. The topological polar surface area (TPSA) is 99.8 Å². The Labute approximate surface area is 197 Å². The second-order valence-corrected chi connectivity index (χ2v) is 8.03. The maximum Gasteiger partial charge on any atom is 0.337 e. The third kappa shape index (κ3) is 5.84. The molecule has 0 bridgehead atoms. The van der Waals surface area contributed by atoms with E-state index in [0.29, 0.717) is 39.8 Å². The first kappa shape index (κ1) is 24.1. The molecule has 0 aliphatic carbocycles. The van der Waals surface area contributed by atoms with Gasteiger partial charge >= 0.3 is 18.0 Å². The van der Waals surface area contributed by atoms with Crippen LogP contribution in [0.5, 0.6) is 0 Å². The standard InChI is InChI=1S/C24H27ClN4O4/c1-4-5-12-29-15(2)20(22(30)33-3)21(28-24(29)32)16-8-6-10-18(13-16)26-23(31)27-19-11-7-9-17(25)14-19/h6-11,13-14,21H,4-5,12H2,1-3H3,(H,28,32)(H2,26,27,31)/t21-/m0/s1. The lowest BCUT2D eigenvalue weighted by Crippen LogP contribution is -2.48. The van der Waals surface area contributed by atoms with Gasteiger partial charge in [0, 0.05) is 28.6 Å². The highest BCUT2D eigenvalue weighted by atomic mass is 35.5. The molecule has 1 heterocycles. The van der Waals surface area contributed by atoms with E-state index in [2.05, 4.69) is 16.0 Å². The van der Waals surface area contributed by atoms with Gasteiger partial charge in [-0.15, -0.1) is 0 Å². The number of allylic oxidation sites excluding steroid dienone is 1. The van der Waals surface area contributed by atoms with Crippen LogP contribution in [0.15, 0.2) is 59.8 Å². The van der Waals surface area contributed by atoms with Gasteiger partial charge in [0.15, 0.2) is 0 Å². The molecule has 3 rings (SSSR count). The number of hydrogen-bond donors (Lipinski definition) is 3. The van der Waals surface area contributed by atoms with Crippen LogP contribution < -0.4 is 16.0 Å². The molecule has 1 aliphatic rings. The van der Waals surface area contributed by atoms with Crippen LogP contribution in [-0.2, 0) is 9.53 Å². The van der Waals surface area contributed by atoms with Crippen LogP contribution in [0.2, 0.25) is 5.02 Å². The highest BCUT2D eigenvalue weighted by Gasteiger charge is 2.36. The first-order valence-electron chi connectivity index (χ1n) is 10.6. The summed E-state index contributed by atoms with van der Waals surface area (Å²) in [7, 11) is 1.31. The van der Waals surface area contributed by atoms with Crippen molar-refractivity contribution in [2.75, 3.05) is 24.3 Å². The highest BCUT2D eigenvalue weighted by molar-refractivity contribution is 6.30. The molecule has 2 aromatic carbocycles. The molecular formula is C24H27ClN4O4. The van der Waals surface area contributed by atoms with Crippen molar-refractivity contribution in [2.24, 2.45) is 0 Å². The number of benzene rings is 2. The van der Waals surface area contributed by atoms with Gasteiger partial charge in [-0.25, -0.2) is 14.4 Å². The summed E-state index contributed by atoms with van der Waals surface area (Å²) in [6.45, 7) is 4.28. The molecule has 0 saturated carbocycles. The van der Waals surface area contributed by atoms with Gasteiger partial charge in [-0.2, -0.15) is 0 Å². The maximum absolute atomic E-state index is 12.8. The second kappa shape index (κ2) is 10.9. The first-order valence-corrected chi connectivity index (χ1v) is 11.0. The Kier molecular flexibility index (Phi) is 7.95. The summed E-state index contributed by atoms with van der Waals surface area (Å²) in [5.74, 6) is -0.518. The number of ether oxygens (including phenoxy) is 1. The lowest BCUT2D eigenvalue weighted by Gasteiger charge is -2.35. The Morgan fingerprint density at radius 3 is 2.42 bits per heavy atom. The molecular weight excluding hydrogens is 444 g/mol. The molecule has 8 nitrogen and oxygen atoms in total. The van der Waals surface area contributed by atoms with Gasteiger partial charge in [-0.1, -0.05) is 43.1 Å². The summed E-state index contributed by atoms with van der Waals surface area (Å²) in [6.07, 6.45) is 1.73. The van der Waals surface area contributed by atoms with Crippen molar-refractivity contribution < 1.29 is 19.1 Å². The van der Waals surface area contributed by atoms with E-state index in [-0.39, 0.29) is 6.03 Å². The zero-order valence-corrected chi connectivity index (χ0v) is 19.5. The van der Waals surface area contributed by atoms with Crippen LogP contribution in [-0.4, -0.2) is 36.6 Å². The quantitative estimate of drug-likeness (QED) is 0.478. The minimum Gasteiger partial charge on any atom is -0.466 e. The zero-order chi connectivity index (χ0) is 24.0. The van der Waals surface area contributed by atoms with Gasteiger partial charge in [0.2, 0.25) is 0 Å². The average Bonchev–Trinajstić information content (AvgIpc) is 2.78. The zero-order valence-electron chi connectivity index (χ0n) is 18.8. The summed E-state index contributed by atoms with van der Waals surface area (Å²) in [6, 6.07) is 12.3. The molecule has 1 aliphatic heterocycles. The molecule has 0 saturated heterocycles. The van der Waals surface area contributed by atoms with Crippen LogP contribution in [0.4, 0.5) is 21.0 Å². The van der Waals surface area contributed by atoms with E-state index in [9.17, 15) is 14.4 Å². The Morgan fingerprint density at radius 1 is 1.12 bits per heavy atom. The number of rotatable bonds is 7. The van der Waals surface area contributed by atoms with Crippen molar-refractivity contribution in [1.82, 2.24) is 10.2 Å². The fourth-order valence-electron chi connectivity index (χ4n) is 3.65. The fraction of sp³-hybridized carbons (Fsp3) is 0.292. The first-order chi connectivity index (χ1) is 15.8. The molecule has 0 fully saturated rings. The molecule has 1 atom stereocenters. The van der Waals surface area contributed by atoms with Crippen molar-refractivity contribution >= 4 is 41.0 Å². The second-order valence-electron chi connectivity index (χ2n) is 7.59. The average molecular weight is 471 g/mol. The van der Waals surface area contributed by atoms with E-state index in [1.807, 2.05) is 6.92 Å². The number of methoxy groups -OCH3 is 1. The van der Waals surface area contributed by atoms with Gasteiger partial charge in [-0.05, 0) is 49.2 Å². The molecule has 4 amide bonds. The molecule has 0 aromatic heterocycles. The highest BCUT2D eigenvalue weighted by Crippen LogP contribution is 2.32. The van der Waals surface area contributed by atoms with Gasteiger partial charge in [-0.3, -0.25) is 4.90 Å². The molecule has 0 unspecified atom stereocenters. The van der Waals surface area contributed by atoms with E-state index >= 15 is 0 Å². The van der Waals surface area contributed by atoms with Gasteiger partial charge in [0.1, 0.15) is 0 Å². The summed E-state index contributed by atoms with van der Waals surface area (Å²) in [5, 5.41) is 8.88. The number of carbonyl (C=O) groups is 3. The summed E-state index contributed by atoms with van der Waals surface area (Å²) < 4.78 is 5.01. The van der Waals surface area contributed by atoms with E-state index in [0.717, 1.165) is 12.8 Å². The number of hydrogen-bond acceptors (Lipinski definition) is 4. The van der Waals surface area contributed by atoms with Crippen molar-refractivity contribution in [1.29, 1.82) is 0 Å². The minimum atomic E-state index is -0.708. The van der Waals surface area contributed by atoms with Crippen molar-refractivity contribution in [3.8, 4) is 0 Å². The molecule has 33 heavy (non-hydrogen) atoms. The normalized spacial score (nSPS) is 15.7. The Hall–Kier alpha value is -3.52. The summed E-state index contributed by atoms with van der Waals surface area (Å²) in [4.78, 5) is 39.4. The SMILES string of the molecule is CCCCN1C(=O)N[C@@H](c2cccc(NC(=O)Nc3cccc(Cl)c3)c2)C(C(=O)OC)=C1C. The number of unbranched alkanes of at least 4 members (excludes halogenated alkanes) is 1. The van der Waals surface area contributed by atoms with E-state index in [1.165, 1.54) is 7.11 Å². The number of halogens is 1. The van der Waals surface area contributed by atoms with Crippen molar-refractivity contribution in [3.05, 3.63) is 70.4 Å². The van der Waals surface area contributed by atoms with Crippen molar-refractivity contribution in [3.63, 3.8) is 0 Å². The Morgan fingerprint density at radius 2 is 1.79 bits per heavy atom. The monoisotopic (exact) mass is 470 g/mol. The van der Waals surface area contributed by atoms with Crippen LogP contribution in [0.3, 0.4) is 0 Å². The number of urea groups is 2. The molecule has 0 spiro atoms. The fourth-order valence-corrected chi connectivity index (χ4v) is 3.84. The lowest BCUT2D eigenvalue weighted by atomic mass is 9.94. The van der Waals surface area contributed by atoms with Gasteiger partial charge in [0.05, 0.1) is 18.7 Å². The number of esters is 1. The Balaban J connectivity index is 1.85. The predicted molar refractivity (Wildman–Crippen MR) is 128 cm³/mol. The number of amides is 4. The molecule has 174 valence electrons. The maximum atomic E-state index is 12.8. The Bertz CT molecular complexity index is 1090. The van der Waals surface area contributed by atoms with E-state index in [4.69, 9.17) is 16.3 Å². The molecule has 2 aromatic rings. The summed E-state index contributed by atoms with van der Waals surface area (Å²) in [5.41, 5.74) is 2.60. The number of anilines is 2. The lowest BCUT2D eigenvalue weighted by molar-refractivity contribution is -0.136. The van der Waals surface area contributed by atoms with Crippen molar-refractivity contribution in [2.45, 2.75) is 32.7 Å². The van der Waals surface area contributed by atoms with Crippen LogP contribution >= 0.6 is 11.6 Å². The molecule has 0 radical (unpaired) electrons. The third-order valence-electron chi connectivity index (χ3n) is 5.30. The predicted octanol–water partition coefficient (Wildman–Crippen LogP) is 5.30. The molecule has 9 heteroatoms. The number of carbonyl (C=O) groups excluding carboxylic acids is 3. The number of nitrogens with zero attached hydrogens (tertiary/aromatic N) is 1. The van der Waals surface area contributed by atoms with Crippen LogP contribution in [0.25, 0.3) is 0 Å². The van der Waals surface area contributed by atoms with Crippen LogP contribution in [0, 0.1) is 0 Å². The minimum absolute atomic E-state index is 0.282. The largest absolute Gasteiger partial charge is 0.466 e. The third-order valence-corrected chi connectivity index (χ3v) is 5.53. The molecule has 3 N–H and O–H groups in total. The number of nitrogens with one attached hydrogen (secondary N) is 3.